The minimum Gasteiger partial charge on any atom is -0.497 e. The lowest BCUT2D eigenvalue weighted by Crippen LogP contribution is -2.20. The van der Waals surface area contributed by atoms with Crippen molar-refractivity contribution in [3.8, 4) is 28.6 Å². The van der Waals surface area contributed by atoms with E-state index in [1.54, 1.807) is 73.8 Å². The van der Waals surface area contributed by atoms with E-state index < -0.39 is 5.91 Å². The van der Waals surface area contributed by atoms with Gasteiger partial charge in [-0.1, -0.05) is 18.2 Å². The third-order valence-corrected chi connectivity index (χ3v) is 5.18. The van der Waals surface area contributed by atoms with Gasteiger partial charge in [-0.2, -0.15) is 4.80 Å². The molecule has 4 aromatic rings. The van der Waals surface area contributed by atoms with Gasteiger partial charge < -0.3 is 24.8 Å². The Balaban J connectivity index is 1.50. The van der Waals surface area contributed by atoms with Crippen LogP contribution in [0.1, 0.15) is 10.4 Å². The highest BCUT2D eigenvalue weighted by Crippen LogP contribution is 2.31. The smallest absolute Gasteiger partial charge is 0.263 e. The van der Waals surface area contributed by atoms with Crippen LogP contribution in [0.2, 0.25) is 0 Å². The Morgan fingerprint density at radius 3 is 2.19 bits per heavy atom. The molecule has 0 spiro atoms. The van der Waals surface area contributed by atoms with Gasteiger partial charge in [-0.15, -0.1) is 10.2 Å². The maximum Gasteiger partial charge on any atom is 0.263 e. The lowest BCUT2D eigenvalue weighted by atomic mass is 10.1. The molecule has 0 atom stereocenters. The molecule has 2 N–H and O–H groups in total. The Hall–Kier alpha value is -4.93. The predicted octanol–water partition coefficient (Wildman–Crippen LogP) is 3.26. The summed E-state index contributed by atoms with van der Waals surface area (Å²) in [5, 5.41) is 18.0. The van der Waals surface area contributed by atoms with Crippen LogP contribution in [0.5, 0.6) is 17.2 Å². The second-order valence-electron chi connectivity index (χ2n) is 7.46. The zero-order chi connectivity index (χ0) is 25.5. The maximum absolute atomic E-state index is 13.1. The quantitative estimate of drug-likeness (QED) is 0.367. The van der Waals surface area contributed by atoms with Crippen molar-refractivity contribution >= 4 is 23.2 Å². The number of nitrogens with one attached hydrogen (secondary N) is 2. The van der Waals surface area contributed by atoms with Crippen molar-refractivity contribution in [2.45, 2.75) is 6.54 Å². The third kappa shape index (κ3) is 5.41. The van der Waals surface area contributed by atoms with E-state index in [1.165, 1.54) is 19.0 Å². The number of rotatable bonds is 9. The van der Waals surface area contributed by atoms with E-state index in [2.05, 4.69) is 26.0 Å². The molecule has 1 heterocycles. The van der Waals surface area contributed by atoms with Gasteiger partial charge in [0.25, 0.3) is 5.91 Å². The highest BCUT2D eigenvalue weighted by Gasteiger charge is 2.20. The standard InChI is InChI=1S/C25H24N6O5/c1-34-17-13-11-16(12-14-17)26-22(32)15-31-29-24(28-30-31)18-7-4-5-8-19(18)27-25(33)23-20(35-2)9-6-10-21(23)36-3/h4-14H,15H2,1-3H3,(H,26,32)(H,27,33). The molecule has 11 heteroatoms. The summed E-state index contributed by atoms with van der Waals surface area (Å²) < 4.78 is 15.8. The Kier molecular flexibility index (Phi) is 7.39. The Labute approximate surface area is 207 Å². The molecule has 2 amide bonds. The van der Waals surface area contributed by atoms with E-state index >= 15 is 0 Å². The molecule has 0 bridgehead atoms. The van der Waals surface area contributed by atoms with Crippen LogP contribution in [0.3, 0.4) is 0 Å². The highest BCUT2D eigenvalue weighted by molar-refractivity contribution is 6.09. The average molecular weight is 489 g/mol. The molecule has 3 aromatic carbocycles. The minimum absolute atomic E-state index is 0.147. The van der Waals surface area contributed by atoms with E-state index in [0.717, 1.165) is 0 Å². The second-order valence-corrected chi connectivity index (χ2v) is 7.46. The molecule has 36 heavy (non-hydrogen) atoms. The van der Waals surface area contributed by atoms with Crippen molar-refractivity contribution < 1.29 is 23.8 Å². The van der Waals surface area contributed by atoms with Crippen molar-refractivity contribution in [3.63, 3.8) is 0 Å². The largest absolute Gasteiger partial charge is 0.497 e. The van der Waals surface area contributed by atoms with Gasteiger partial charge >= 0.3 is 0 Å². The monoisotopic (exact) mass is 488 g/mol. The van der Waals surface area contributed by atoms with E-state index in [1.807, 2.05) is 0 Å². The van der Waals surface area contributed by atoms with Crippen LogP contribution in [0.4, 0.5) is 11.4 Å². The van der Waals surface area contributed by atoms with Gasteiger partial charge in [-0.05, 0) is 53.7 Å². The number of carbonyl (C=O) groups is 2. The molecule has 0 aliphatic heterocycles. The molecular formula is C25H24N6O5. The van der Waals surface area contributed by atoms with Crippen molar-refractivity contribution in [1.82, 2.24) is 20.2 Å². The van der Waals surface area contributed by atoms with Crippen LogP contribution in [0.15, 0.2) is 66.7 Å². The molecule has 0 saturated heterocycles. The number of amides is 2. The molecule has 0 fully saturated rings. The lowest BCUT2D eigenvalue weighted by molar-refractivity contribution is -0.117. The molecule has 11 nitrogen and oxygen atoms in total. The minimum atomic E-state index is -0.428. The number of benzene rings is 3. The number of hydrogen-bond acceptors (Lipinski definition) is 8. The molecule has 0 unspecified atom stereocenters. The summed E-state index contributed by atoms with van der Waals surface area (Å²) in [6.07, 6.45) is 0. The van der Waals surface area contributed by atoms with E-state index in [0.29, 0.717) is 34.2 Å². The van der Waals surface area contributed by atoms with E-state index in [9.17, 15) is 9.59 Å². The van der Waals surface area contributed by atoms with Crippen molar-refractivity contribution in [2.75, 3.05) is 32.0 Å². The SMILES string of the molecule is COc1ccc(NC(=O)Cn2nnc(-c3ccccc3NC(=O)c3c(OC)cccc3OC)n2)cc1. The zero-order valence-electron chi connectivity index (χ0n) is 19.9. The number of ether oxygens (including phenoxy) is 3. The van der Waals surface area contributed by atoms with Gasteiger partial charge in [0.2, 0.25) is 11.7 Å². The maximum atomic E-state index is 13.1. The molecule has 1 aromatic heterocycles. The molecule has 0 aliphatic carbocycles. The first-order valence-electron chi connectivity index (χ1n) is 10.9. The summed E-state index contributed by atoms with van der Waals surface area (Å²) in [6.45, 7) is -0.147. The van der Waals surface area contributed by atoms with Crippen LogP contribution in [0, 0.1) is 0 Å². The Bertz CT molecular complexity index is 1350. The Morgan fingerprint density at radius 1 is 0.833 bits per heavy atom. The predicted molar refractivity (Wildman–Crippen MR) is 132 cm³/mol. The number of nitrogens with zero attached hydrogens (tertiary/aromatic N) is 4. The van der Waals surface area contributed by atoms with Crippen molar-refractivity contribution in [2.24, 2.45) is 0 Å². The number of tetrazole rings is 1. The Morgan fingerprint density at radius 2 is 1.53 bits per heavy atom. The fourth-order valence-electron chi connectivity index (χ4n) is 3.47. The molecule has 0 saturated carbocycles. The first-order valence-corrected chi connectivity index (χ1v) is 10.9. The van der Waals surface area contributed by atoms with Crippen molar-refractivity contribution in [1.29, 1.82) is 0 Å². The number of aromatic nitrogens is 4. The van der Waals surface area contributed by atoms with E-state index in [-0.39, 0.29) is 23.8 Å². The number of para-hydroxylation sites is 1. The first-order chi connectivity index (χ1) is 17.5. The van der Waals surface area contributed by atoms with E-state index in [4.69, 9.17) is 14.2 Å². The highest BCUT2D eigenvalue weighted by atomic mass is 16.5. The fourth-order valence-corrected chi connectivity index (χ4v) is 3.47. The van der Waals surface area contributed by atoms with Crippen LogP contribution in [0.25, 0.3) is 11.4 Å². The number of hydrogen-bond donors (Lipinski definition) is 2. The average Bonchev–Trinajstić information content (AvgIpc) is 3.36. The summed E-state index contributed by atoms with van der Waals surface area (Å²) >= 11 is 0. The summed E-state index contributed by atoms with van der Waals surface area (Å²) in [6, 6.07) is 19.0. The summed E-state index contributed by atoms with van der Waals surface area (Å²) in [5.74, 6) is 0.921. The first kappa shape index (κ1) is 24.2. The van der Waals surface area contributed by atoms with Gasteiger partial charge in [0, 0.05) is 11.3 Å². The molecular weight excluding hydrogens is 464 g/mol. The van der Waals surface area contributed by atoms with Gasteiger partial charge in [-0.25, -0.2) is 0 Å². The normalized spacial score (nSPS) is 10.4. The fraction of sp³-hybridized carbons (Fsp3) is 0.160. The number of anilines is 2. The van der Waals surface area contributed by atoms with Crippen LogP contribution in [-0.4, -0.2) is 53.4 Å². The number of methoxy groups -OCH3 is 3. The van der Waals surface area contributed by atoms with Crippen molar-refractivity contribution in [3.05, 3.63) is 72.3 Å². The summed E-state index contributed by atoms with van der Waals surface area (Å²) in [4.78, 5) is 26.7. The van der Waals surface area contributed by atoms with Gasteiger partial charge in [0.15, 0.2) is 0 Å². The molecule has 4 rings (SSSR count). The third-order valence-electron chi connectivity index (χ3n) is 5.18. The summed E-state index contributed by atoms with van der Waals surface area (Å²) in [5.41, 5.74) is 1.85. The van der Waals surface area contributed by atoms with Crippen LogP contribution < -0.4 is 24.8 Å². The van der Waals surface area contributed by atoms with Gasteiger partial charge in [0.1, 0.15) is 29.4 Å². The molecule has 0 aliphatic rings. The zero-order valence-corrected chi connectivity index (χ0v) is 19.9. The van der Waals surface area contributed by atoms with Crippen LogP contribution >= 0.6 is 0 Å². The van der Waals surface area contributed by atoms with Gasteiger partial charge in [-0.3, -0.25) is 9.59 Å². The second kappa shape index (κ2) is 11.0. The lowest BCUT2D eigenvalue weighted by Gasteiger charge is -2.14. The number of carbonyl (C=O) groups excluding carboxylic acids is 2. The topological polar surface area (TPSA) is 129 Å². The molecule has 184 valence electrons. The summed E-state index contributed by atoms with van der Waals surface area (Å²) in [7, 11) is 4.53. The van der Waals surface area contributed by atoms with Crippen LogP contribution in [-0.2, 0) is 11.3 Å². The molecule has 0 radical (unpaired) electrons. The van der Waals surface area contributed by atoms with Gasteiger partial charge in [0.05, 0.1) is 27.0 Å².